The standard InChI is InChI=1S/C18H15NO5/c20-15(12-6-2-1-3-7-12)11-24-16(21)10-19-17(22)13-8-4-5-9-14(13)18(19)23/h1-9,13-14H,10-11H2/t13-,14+. The van der Waals surface area contributed by atoms with Crippen LogP contribution >= 0.6 is 0 Å². The molecule has 1 aromatic carbocycles. The van der Waals surface area contributed by atoms with E-state index in [9.17, 15) is 19.2 Å². The molecule has 3 rings (SSSR count). The monoisotopic (exact) mass is 325 g/mol. The van der Waals surface area contributed by atoms with Crippen LogP contribution in [-0.4, -0.2) is 41.6 Å². The van der Waals surface area contributed by atoms with Crippen molar-refractivity contribution < 1.29 is 23.9 Å². The lowest BCUT2D eigenvalue weighted by atomic mass is 9.91. The van der Waals surface area contributed by atoms with Crippen molar-refractivity contribution in [2.75, 3.05) is 13.2 Å². The lowest BCUT2D eigenvalue weighted by Crippen LogP contribution is -2.37. The summed E-state index contributed by atoms with van der Waals surface area (Å²) in [5, 5.41) is 0. The Labute approximate surface area is 138 Å². The summed E-state index contributed by atoms with van der Waals surface area (Å²) < 4.78 is 4.90. The summed E-state index contributed by atoms with van der Waals surface area (Å²) >= 11 is 0. The van der Waals surface area contributed by atoms with Gasteiger partial charge in [0.2, 0.25) is 11.8 Å². The number of carbonyl (C=O) groups excluding carboxylic acids is 4. The smallest absolute Gasteiger partial charge is 0.326 e. The molecule has 1 aromatic rings. The lowest BCUT2D eigenvalue weighted by molar-refractivity contribution is -0.152. The Kier molecular flexibility index (Phi) is 4.37. The third kappa shape index (κ3) is 3.03. The zero-order chi connectivity index (χ0) is 17.1. The van der Waals surface area contributed by atoms with Crippen molar-refractivity contribution in [3.63, 3.8) is 0 Å². The zero-order valence-corrected chi connectivity index (χ0v) is 12.8. The van der Waals surface area contributed by atoms with Crippen LogP contribution < -0.4 is 0 Å². The second kappa shape index (κ2) is 6.62. The fourth-order valence-electron chi connectivity index (χ4n) is 2.73. The molecule has 2 amide bonds. The fourth-order valence-corrected chi connectivity index (χ4v) is 2.73. The number of benzene rings is 1. The Bertz CT molecular complexity index is 720. The number of likely N-dealkylation sites (tertiary alicyclic amines) is 1. The molecule has 1 aliphatic heterocycles. The molecule has 2 aliphatic rings. The highest BCUT2D eigenvalue weighted by atomic mass is 16.5. The highest BCUT2D eigenvalue weighted by Gasteiger charge is 2.46. The van der Waals surface area contributed by atoms with Gasteiger partial charge in [0.15, 0.2) is 12.4 Å². The number of Topliss-reactive ketones (excluding diaryl/α,β-unsaturated/α-hetero) is 1. The van der Waals surface area contributed by atoms with Gasteiger partial charge in [0, 0.05) is 5.56 Å². The maximum atomic E-state index is 12.2. The van der Waals surface area contributed by atoms with Gasteiger partial charge < -0.3 is 4.74 Å². The first kappa shape index (κ1) is 15.9. The van der Waals surface area contributed by atoms with Gasteiger partial charge in [-0.25, -0.2) is 0 Å². The van der Waals surface area contributed by atoms with Gasteiger partial charge in [0.05, 0.1) is 11.8 Å². The third-order valence-electron chi connectivity index (χ3n) is 3.98. The summed E-state index contributed by atoms with van der Waals surface area (Å²) in [4.78, 5) is 49.0. The maximum absolute atomic E-state index is 12.2. The first-order chi connectivity index (χ1) is 11.6. The predicted molar refractivity (Wildman–Crippen MR) is 83.7 cm³/mol. The Balaban J connectivity index is 1.56. The van der Waals surface area contributed by atoms with Gasteiger partial charge in [-0.3, -0.25) is 24.1 Å². The first-order valence-electron chi connectivity index (χ1n) is 7.52. The van der Waals surface area contributed by atoms with Crippen molar-refractivity contribution in [1.82, 2.24) is 4.90 Å². The number of imide groups is 1. The molecule has 1 fully saturated rings. The van der Waals surface area contributed by atoms with Crippen LogP contribution in [0.3, 0.4) is 0 Å². The molecule has 6 heteroatoms. The van der Waals surface area contributed by atoms with Crippen LogP contribution in [0.2, 0.25) is 0 Å². The number of hydrogen-bond acceptors (Lipinski definition) is 5. The van der Waals surface area contributed by atoms with E-state index in [4.69, 9.17) is 4.74 Å². The third-order valence-corrected chi connectivity index (χ3v) is 3.98. The Morgan fingerprint density at radius 2 is 1.54 bits per heavy atom. The van der Waals surface area contributed by atoms with Crippen LogP contribution in [0.4, 0.5) is 0 Å². The molecular weight excluding hydrogens is 310 g/mol. The van der Waals surface area contributed by atoms with Gasteiger partial charge in [0.25, 0.3) is 0 Å². The molecule has 1 heterocycles. The molecule has 0 N–H and O–H groups in total. The van der Waals surface area contributed by atoms with Gasteiger partial charge in [-0.05, 0) is 0 Å². The largest absolute Gasteiger partial charge is 0.456 e. The van der Waals surface area contributed by atoms with Crippen LogP contribution in [0.5, 0.6) is 0 Å². The van der Waals surface area contributed by atoms with Crippen molar-refractivity contribution in [3.05, 3.63) is 60.2 Å². The molecular formula is C18H15NO5. The molecule has 2 atom stereocenters. The molecule has 0 spiro atoms. The highest BCUT2D eigenvalue weighted by molar-refractivity contribution is 6.09. The average molecular weight is 325 g/mol. The van der Waals surface area contributed by atoms with E-state index in [0.717, 1.165) is 4.90 Å². The molecule has 24 heavy (non-hydrogen) atoms. The Morgan fingerprint density at radius 1 is 0.958 bits per heavy atom. The predicted octanol–water partition coefficient (Wildman–Crippen LogP) is 1.14. The van der Waals surface area contributed by atoms with E-state index >= 15 is 0 Å². The Hall–Kier alpha value is -3.02. The summed E-state index contributed by atoms with van der Waals surface area (Å²) in [5.74, 6) is -3.08. The maximum Gasteiger partial charge on any atom is 0.326 e. The molecule has 1 saturated heterocycles. The lowest BCUT2D eigenvalue weighted by Gasteiger charge is -2.13. The summed E-state index contributed by atoms with van der Waals surface area (Å²) in [6.07, 6.45) is 6.70. The molecule has 0 unspecified atom stereocenters. The van der Waals surface area contributed by atoms with Crippen LogP contribution in [0.15, 0.2) is 54.6 Å². The van der Waals surface area contributed by atoms with Crippen molar-refractivity contribution in [1.29, 1.82) is 0 Å². The van der Waals surface area contributed by atoms with Gasteiger partial charge in [-0.1, -0.05) is 54.6 Å². The van der Waals surface area contributed by atoms with E-state index in [-0.39, 0.29) is 5.78 Å². The van der Waals surface area contributed by atoms with Crippen LogP contribution in [-0.2, 0) is 19.1 Å². The molecule has 0 radical (unpaired) electrons. The zero-order valence-electron chi connectivity index (χ0n) is 12.8. The van der Waals surface area contributed by atoms with Crippen molar-refractivity contribution in [3.8, 4) is 0 Å². The van der Waals surface area contributed by atoms with Gasteiger partial charge >= 0.3 is 5.97 Å². The molecule has 122 valence electrons. The van der Waals surface area contributed by atoms with E-state index < -0.39 is 42.8 Å². The SMILES string of the molecule is O=C(CN1C(=O)[C@H]2C=CC=C[C@H]2C1=O)OCC(=O)c1ccccc1. The summed E-state index contributed by atoms with van der Waals surface area (Å²) in [7, 11) is 0. The summed E-state index contributed by atoms with van der Waals surface area (Å²) in [5.41, 5.74) is 0.430. The molecule has 0 aromatic heterocycles. The number of rotatable bonds is 5. The highest BCUT2D eigenvalue weighted by Crippen LogP contribution is 2.30. The van der Waals surface area contributed by atoms with E-state index in [0.29, 0.717) is 5.56 Å². The number of fused-ring (bicyclic) bond motifs is 1. The Morgan fingerprint density at radius 3 is 2.12 bits per heavy atom. The second-order valence-electron chi connectivity index (χ2n) is 5.53. The van der Waals surface area contributed by atoms with Crippen LogP contribution in [0.1, 0.15) is 10.4 Å². The van der Waals surface area contributed by atoms with Crippen LogP contribution in [0, 0.1) is 11.8 Å². The molecule has 0 bridgehead atoms. The summed E-state index contributed by atoms with van der Waals surface area (Å²) in [6.45, 7) is -0.903. The minimum absolute atomic E-state index is 0.345. The number of amides is 2. The van der Waals surface area contributed by atoms with E-state index in [1.54, 1.807) is 54.6 Å². The fraction of sp³-hybridized carbons (Fsp3) is 0.222. The molecule has 6 nitrogen and oxygen atoms in total. The number of carbonyl (C=O) groups is 4. The average Bonchev–Trinajstić information content (AvgIpc) is 2.86. The first-order valence-corrected chi connectivity index (χ1v) is 7.52. The number of ketones is 1. The van der Waals surface area contributed by atoms with Crippen molar-refractivity contribution in [2.24, 2.45) is 11.8 Å². The quantitative estimate of drug-likeness (QED) is 0.461. The summed E-state index contributed by atoms with van der Waals surface area (Å²) in [6, 6.07) is 8.43. The normalized spacial score (nSPS) is 21.8. The van der Waals surface area contributed by atoms with Crippen molar-refractivity contribution in [2.45, 2.75) is 0 Å². The van der Waals surface area contributed by atoms with Gasteiger partial charge in [0.1, 0.15) is 6.54 Å². The minimum atomic E-state index is -0.785. The van der Waals surface area contributed by atoms with Gasteiger partial charge in [-0.2, -0.15) is 0 Å². The second-order valence-corrected chi connectivity index (χ2v) is 5.53. The number of ether oxygens (including phenoxy) is 1. The number of hydrogen-bond donors (Lipinski definition) is 0. The minimum Gasteiger partial charge on any atom is -0.456 e. The van der Waals surface area contributed by atoms with Crippen LogP contribution in [0.25, 0.3) is 0 Å². The van der Waals surface area contributed by atoms with E-state index in [2.05, 4.69) is 0 Å². The van der Waals surface area contributed by atoms with E-state index in [1.165, 1.54) is 0 Å². The topological polar surface area (TPSA) is 80.8 Å². The molecule has 0 saturated carbocycles. The number of nitrogens with zero attached hydrogens (tertiary/aromatic N) is 1. The van der Waals surface area contributed by atoms with Crippen molar-refractivity contribution >= 4 is 23.6 Å². The van der Waals surface area contributed by atoms with Gasteiger partial charge in [-0.15, -0.1) is 0 Å². The number of esters is 1. The number of allylic oxidation sites excluding steroid dienone is 2. The molecule has 1 aliphatic carbocycles. The van der Waals surface area contributed by atoms with E-state index in [1.807, 2.05) is 0 Å².